The van der Waals surface area contributed by atoms with Crippen molar-refractivity contribution in [1.29, 1.82) is 0 Å². The van der Waals surface area contributed by atoms with Gasteiger partial charge in [0.2, 0.25) is 0 Å². The Labute approximate surface area is 191 Å². The molecule has 3 N–H and O–H groups in total. The number of benzene rings is 2. The number of anilines is 1. The molecule has 0 radical (unpaired) electrons. The lowest BCUT2D eigenvalue weighted by Gasteiger charge is -2.39. The van der Waals surface area contributed by atoms with Gasteiger partial charge in [0.05, 0.1) is 28.9 Å². The molecular formula is C25H27N3O3S. The van der Waals surface area contributed by atoms with Gasteiger partial charge < -0.3 is 20.4 Å². The summed E-state index contributed by atoms with van der Waals surface area (Å²) in [5.41, 5.74) is 4.31. The van der Waals surface area contributed by atoms with Crippen molar-refractivity contribution in [1.82, 2.24) is 10.3 Å². The topological polar surface area (TPSA) is 85.7 Å². The number of phenols is 1. The van der Waals surface area contributed by atoms with Crippen molar-refractivity contribution in [2.24, 2.45) is 11.3 Å². The highest BCUT2D eigenvalue weighted by Gasteiger charge is 2.41. The van der Waals surface area contributed by atoms with Gasteiger partial charge in [0.25, 0.3) is 0 Å². The minimum absolute atomic E-state index is 0.0405. The van der Waals surface area contributed by atoms with Crippen LogP contribution in [-0.2, 0) is 24.2 Å². The Hall–Kier alpha value is -3.06. The minimum Gasteiger partial charge on any atom is -0.506 e. The summed E-state index contributed by atoms with van der Waals surface area (Å²) in [5, 5.41) is 24.3. The van der Waals surface area contributed by atoms with Gasteiger partial charge in [-0.05, 0) is 36.0 Å². The van der Waals surface area contributed by atoms with Gasteiger partial charge >= 0.3 is 5.97 Å². The third-order valence-electron chi connectivity index (χ3n) is 6.69. The van der Waals surface area contributed by atoms with Crippen LogP contribution in [0.4, 0.5) is 5.69 Å². The van der Waals surface area contributed by atoms with Crippen LogP contribution in [0.3, 0.4) is 0 Å². The number of carboxylic acid groups (broad SMARTS) is 1. The molecule has 0 saturated carbocycles. The number of aromatic nitrogens is 1. The van der Waals surface area contributed by atoms with E-state index < -0.39 is 11.4 Å². The summed E-state index contributed by atoms with van der Waals surface area (Å²) in [6.45, 7) is 8.83. The summed E-state index contributed by atoms with van der Waals surface area (Å²) >= 11 is 1.53. The van der Waals surface area contributed by atoms with E-state index in [1.807, 2.05) is 18.2 Å². The second-order valence-electron chi connectivity index (χ2n) is 9.23. The standard InChI is InChI=1S/C25H27N3O3S/c1-15-13-28(14-15)20-7-19-22(8-21(20)29)32-23(27-19)12-26-16(2)25(11-24(30)31)9-17-5-3-4-6-18(17)10-25/h3-8,15,26,29H,2,9-14H2,1H3,(H,30,31). The van der Waals surface area contributed by atoms with Gasteiger partial charge in [-0.3, -0.25) is 4.79 Å². The number of carbonyl (C=O) groups is 1. The molecule has 0 spiro atoms. The van der Waals surface area contributed by atoms with Crippen LogP contribution in [-0.4, -0.2) is 34.3 Å². The maximum atomic E-state index is 11.7. The second-order valence-corrected chi connectivity index (χ2v) is 10.3. The molecule has 0 unspecified atom stereocenters. The van der Waals surface area contributed by atoms with Crippen molar-refractivity contribution in [3.8, 4) is 5.75 Å². The maximum Gasteiger partial charge on any atom is 0.304 e. The molecule has 1 aromatic heterocycles. The fourth-order valence-electron chi connectivity index (χ4n) is 5.02. The third-order valence-corrected chi connectivity index (χ3v) is 7.71. The smallest absolute Gasteiger partial charge is 0.304 e. The molecule has 2 heterocycles. The number of thiazole rings is 1. The lowest BCUT2D eigenvalue weighted by Crippen LogP contribution is -2.45. The van der Waals surface area contributed by atoms with Crippen molar-refractivity contribution >= 4 is 33.2 Å². The third kappa shape index (κ3) is 3.71. The molecule has 1 saturated heterocycles. The normalized spacial score (nSPS) is 17.2. The maximum absolute atomic E-state index is 11.7. The molecule has 7 heteroatoms. The fraction of sp³-hybridized carbons (Fsp3) is 0.360. The highest BCUT2D eigenvalue weighted by molar-refractivity contribution is 7.18. The molecule has 1 fully saturated rings. The molecule has 1 aliphatic heterocycles. The Morgan fingerprint density at radius 2 is 1.97 bits per heavy atom. The van der Waals surface area contributed by atoms with Crippen LogP contribution in [0.15, 0.2) is 48.7 Å². The van der Waals surface area contributed by atoms with Crippen molar-refractivity contribution in [3.63, 3.8) is 0 Å². The predicted octanol–water partition coefficient (Wildman–Crippen LogP) is 4.32. The van der Waals surface area contributed by atoms with E-state index in [2.05, 4.69) is 35.9 Å². The zero-order valence-corrected chi connectivity index (χ0v) is 18.9. The Balaban J connectivity index is 1.33. The van der Waals surface area contributed by atoms with Crippen molar-refractivity contribution < 1.29 is 15.0 Å². The van der Waals surface area contributed by atoms with E-state index in [0.717, 1.165) is 39.7 Å². The number of allylic oxidation sites excluding steroid dienone is 1. The number of carboxylic acids is 1. The zero-order chi connectivity index (χ0) is 22.5. The molecule has 1 aliphatic carbocycles. The number of fused-ring (bicyclic) bond motifs is 2. The van der Waals surface area contributed by atoms with Crippen molar-refractivity contribution in [2.45, 2.75) is 32.7 Å². The number of hydrogen-bond donors (Lipinski definition) is 3. The first-order valence-electron chi connectivity index (χ1n) is 10.9. The Bertz CT molecular complexity index is 1190. The number of nitrogens with zero attached hydrogens (tertiary/aromatic N) is 2. The molecule has 2 aliphatic rings. The molecule has 0 bridgehead atoms. The van der Waals surface area contributed by atoms with Crippen LogP contribution in [0.2, 0.25) is 0 Å². The number of nitrogens with one attached hydrogen (secondary N) is 1. The number of hydrogen-bond acceptors (Lipinski definition) is 6. The van der Waals surface area contributed by atoms with Crippen LogP contribution in [0, 0.1) is 11.3 Å². The molecule has 2 aromatic carbocycles. The highest BCUT2D eigenvalue weighted by atomic mass is 32.1. The van der Waals surface area contributed by atoms with Crippen molar-refractivity contribution in [2.75, 3.05) is 18.0 Å². The molecular weight excluding hydrogens is 422 g/mol. The van der Waals surface area contributed by atoms with Crippen LogP contribution in [0.25, 0.3) is 10.2 Å². The van der Waals surface area contributed by atoms with Gasteiger partial charge in [0, 0.05) is 30.3 Å². The van der Waals surface area contributed by atoms with E-state index in [4.69, 9.17) is 4.98 Å². The first kappa shape index (κ1) is 20.8. The van der Waals surface area contributed by atoms with E-state index >= 15 is 0 Å². The van der Waals surface area contributed by atoms with Gasteiger partial charge in [-0.2, -0.15) is 0 Å². The number of aromatic hydroxyl groups is 1. The summed E-state index contributed by atoms with van der Waals surface area (Å²) in [4.78, 5) is 18.6. The van der Waals surface area contributed by atoms with Crippen LogP contribution >= 0.6 is 11.3 Å². The van der Waals surface area contributed by atoms with Crippen LogP contribution < -0.4 is 10.2 Å². The molecule has 0 atom stereocenters. The Morgan fingerprint density at radius 3 is 2.59 bits per heavy atom. The van der Waals surface area contributed by atoms with E-state index in [-0.39, 0.29) is 6.42 Å². The summed E-state index contributed by atoms with van der Waals surface area (Å²) in [6, 6.07) is 11.9. The quantitative estimate of drug-likeness (QED) is 0.498. The van der Waals surface area contributed by atoms with Crippen molar-refractivity contribution in [3.05, 3.63) is 64.8 Å². The van der Waals surface area contributed by atoms with Gasteiger partial charge in [0.1, 0.15) is 10.8 Å². The van der Waals surface area contributed by atoms with E-state index in [1.165, 1.54) is 22.5 Å². The molecule has 0 amide bonds. The SMILES string of the molecule is C=C(NCc1nc2cc(N3CC(C)C3)c(O)cc2s1)C1(CC(=O)O)Cc2ccccc2C1. The van der Waals surface area contributed by atoms with Crippen LogP contribution in [0.5, 0.6) is 5.75 Å². The Morgan fingerprint density at radius 1 is 1.28 bits per heavy atom. The first-order valence-corrected chi connectivity index (χ1v) is 11.7. The Kier molecular flexibility index (Phi) is 5.08. The second kappa shape index (κ2) is 7.81. The lowest BCUT2D eigenvalue weighted by molar-refractivity contribution is -0.139. The molecule has 166 valence electrons. The first-order chi connectivity index (χ1) is 15.3. The summed E-state index contributed by atoms with van der Waals surface area (Å²) < 4.78 is 0.941. The predicted molar refractivity (Wildman–Crippen MR) is 127 cm³/mol. The van der Waals surface area contributed by atoms with Crippen LogP contribution in [0.1, 0.15) is 29.5 Å². The average molecular weight is 450 g/mol. The number of rotatable bonds is 7. The summed E-state index contributed by atoms with van der Waals surface area (Å²) in [5.74, 6) is 0.122. The molecule has 5 rings (SSSR count). The fourth-order valence-corrected chi connectivity index (χ4v) is 5.94. The number of aliphatic carboxylic acids is 1. The molecule has 6 nitrogen and oxygen atoms in total. The zero-order valence-electron chi connectivity index (χ0n) is 18.1. The average Bonchev–Trinajstić information content (AvgIpc) is 3.29. The largest absolute Gasteiger partial charge is 0.506 e. The van der Waals surface area contributed by atoms with Gasteiger partial charge in [0.15, 0.2) is 0 Å². The lowest BCUT2D eigenvalue weighted by atomic mass is 9.78. The minimum atomic E-state index is -0.816. The van der Waals surface area contributed by atoms with Gasteiger partial charge in [-0.25, -0.2) is 4.98 Å². The summed E-state index contributed by atoms with van der Waals surface area (Å²) in [7, 11) is 0. The monoisotopic (exact) mass is 449 g/mol. The molecule has 3 aromatic rings. The highest BCUT2D eigenvalue weighted by Crippen LogP contribution is 2.44. The van der Waals surface area contributed by atoms with Gasteiger partial charge in [-0.15, -0.1) is 11.3 Å². The van der Waals surface area contributed by atoms with E-state index in [9.17, 15) is 15.0 Å². The van der Waals surface area contributed by atoms with E-state index in [0.29, 0.717) is 31.1 Å². The van der Waals surface area contributed by atoms with E-state index in [1.54, 1.807) is 6.07 Å². The number of phenolic OH excluding ortho intramolecular Hbond substituents is 1. The molecule has 32 heavy (non-hydrogen) atoms. The van der Waals surface area contributed by atoms with Gasteiger partial charge in [-0.1, -0.05) is 37.8 Å². The summed E-state index contributed by atoms with van der Waals surface area (Å²) in [6.07, 6.45) is 1.39.